The van der Waals surface area contributed by atoms with Gasteiger partial charge in [-0.3, -0.25) is 4.79 Å². The number of carbonyl (C=O) groups is 1. The van der Waals surface area contributed by atoms with Crippen LogP contribution in [-0.2, 0) is 17.0 Å². The molecular weight excluding hydrogens is 360 g/mol. The Morgan fingerprint density at radius 2 is 1.88 bits per heavy atom. The zero-order chi connectivity index (χ0) is 18.4. The molecule has 0 aliphatic carbocycles. The SMILES string of the molecule is CC(CCc1ccccc1)NC(=O)C(C)SC1=Nc2ccccc2CS1. The first-order chi connectivity index (χ1) is 12.6. The normalized spacial score (nSPS) is 15.5. The van der Waals surface area contributed by atoms with E-state index in [4.69, 9.17) is 0 Å². The number of hydrogen-bond acceptors (Lipinski definition) is 4. The number of aryl methyl sites for hydroxylation is 1. The molecule has 2 aromatic rings. The van der Waals surface area contributed by atoms with Gasteiger partial charge in [0.2, 0.25) is 5.91 Å². The molecule has 2 aromatic carbocycles. The van der Waals surface area contributed by atoms with Crippen LogP contribution < -0.4 is 5.32 Å². The number of carbonyl (C=O) groups excluding carboxylic acids is 1. The van der Waals surface area contributed by atoms with Gasteiger partial charge >= 0.3 is 0 Å². The molecule has 0 bridgehead atoms. The third-order valence-electron chi connectivity index (χ3n) is 4.30. The van der Waals surface area contributed by atoms with E-state index in [0.717, 1.165) is 28.7 Å². The number of fused-ring (bicyclic) bond motifs is 1. The number of para-hydroxylation sites is 1. The number of benzene rings is 2. The van der Waals surface area contributed by atoms with Gasteiger partial charge in [0.1, 0.15) is 4.38 Å². The first-order valence-corrected chi connectivity index (χ1v) is 10.8. The van der Waals surface area contributed by atoms with E-state index in [1.807, 2.05) is 31.2 Å². The predicted molar refractivity (Wildman–Crippen MR) is 114 cm³/mol. The van der Waals surface area contributed by atoms with Gasteiger partial charge < -0.3 is 5.32 Å². The van der Waals surface area contributed by atoms with Crippen molar-refractivity contribution >= 4 is 39.5 Å². The lowest BCUT2D eigenvalue weighted by molar-refractivity contribution is -0.120. The minimum atomic E-state index is -0.148. The van der Waals surface area contributed by atoms with Crippen LogP contribution in [0.1, 0.15) is 31.4 Å². The highest BCUT2D eigenvalue weighted by molar-refractivity contribution is 8.39. The lowest BCUT2D eigenvalue weighted by Gasteiger charge is -2.19. The molecule has 1 N–H and O–H groups in total. The van der Waals surface area contributed by atoms with Gasteiger partial charge in [0.25, 0.3) is 0 Å². The molecule has 136 valence electrons. The van der Waals surface area contributed by atoms with Gasteiger partial charge in [-0.05, 0) is 43.9 Å². The zero-order valence-corrected chi connectivity index (χ0v) is 16.8. The largest absolute Gasteiger partial charge is 0.353 e. The van der Waals surface area contributed by atoms with E-state index in [1.165, 1.54) is 11.1 Å². The van der Waals surface area contributed by atoms with E-state index in [9.17, 15) is 4.79 Å². The molecule has 1 aliphatic heterocycles. The third-order valence-corrected chi connectivity index (χ3v) is 6.60. The number of nitrogens with one attached hydrogen (secondary N) is 1. The standard InChI is InChI=1S/C21H24N2OS2/c1-15(12-13-17-8-4-3-5-9-17)22-20(24)16(2)26-21-23-19-11-7-6-10-18(19)14-25-21/h3-11,15-16H,12-14H2,1-2H3,(H,22,24). The molecule has 1 amide bonds. The van der Waals surface area contributed by atoms with Gasteiger partial charge in [0.15, 0.2) is 0 Å². The Morgan fingerprint density at radius 3 is 2.69 bits per heavy atom. The predicted octanol–water partition coefficient (Wildman–Crippen LogP) is 5.18. The highest BCUT2D eigenvalue weighted by Gasteiger charge is 2.21. The smallest absolute Gasteiger partial charge is 0.233 e. The summed E-state index contributed by atoms with van der Waals surface area (Å²) < 4.78 is 0.975. The molecule has 0 spiro atoms. The summed E-state index contributed by atoms with van der Waals surface area (Å²) in [5.74, 6) is 1.00. The van der Waals surface area contributed by atoms with Crippen LogP contribution in [0.3, 0.4) is 0 Å². The third kappa shape index (κ3) is 5.39. The summed E-state index contributed by atoms with van der Waals surface area (Å²) in [6.45, 7) is 4.02. The lowest BCUT2D eigenvalue weighted by atomic mass is 10.1. The topological polar surface area (TPSA) is 41.5 Å². The van der Waals surface area contributed by atoms with Crippen LogP contribution in [0, 0.1) is 0 Å². The zero-order valence-electron chi connectivity index (χ0n) is 15.1. The van der Waals surface area contributed by atoms with Gasteiger partial charge in [-0.1, -0.05) is 72.1 Å². The number of amides is 1. The maximum Gasteiger partial charge on any atom is 0.233 e. The van der Waals surface area contributed by atoms with E-state index >= 15 is 0 Å². The molecule has 26 heavy (non-hydrogen) atoms. The molecule has 1 aliphatic rings. The molecule has 0 saturated carbocycles. The molecule has 0 fully saturated rings. The highest BCUT2D eigenvalue weighted by atomic mass is 32.2. The maximum absolute atomic E-state index is 12.5. The fourth-order valence-corrected chi connectivity index (χ4v) is 4.93. The maximum atomic E-state index is 12.5. The van der Waals surface area contributed by atoms with Crippen LogP contribution in [0.4, 0.5) is 5.69 Å². The van der Waals surface area contributed by atoms with Gasteiger partial charge in [-0.15, -0.1) is 0 Å². The lowest BCUT2D eigenvalue weighted by Crippen LogP contribution is -2.38. The first kappa shape index (κ1) is 19.1. The van der Waals surface area contributed by atoms with Gasteiger partial charge in [0, 0.05) is 11.8 Å². The Labute approximate surface area is 164 Å². The Hall–Kier alpha value is -1.72. The molecule has 3 nitrogen and oxygen atoms in total. The molecule has 5 heteroatoms. The molecule has 2 unspecified atom stereocenters. The van der Waals surface area contributed by atoms with Crippen LogP contribution in [0.15, 0.2) is 59.6 Å². The first-order valence-electron chi connectivity index (χ1n) is 8.92. The highest BCUT2D eigenvalue weighted by Crippen LogP contribution is 2.35. The summed E-state index contributed by atoms with van der Waals surface area (Å²) in [5.41, 5.74) is 3.59. The number of thioether (sulfide) groups is 2. The van der Waals surface area contributed by atoms with Gasteiger partial charge in [0.05, 0.1) is 10.9 Å². The Kier molecular flexibility index (Phi) is 6.80. The van der Waals surface area contributed by atoms with Crippen molar-refractivity contribution in [2.45, 2.75) is 43.7 Å². The van der Waals surface area contributed by atoms with Crippen molar-refractivity contribution in [2.24, 2.45) is 4.99 Å². The number of rotatable bonds is 6. The fraction of sp³-hybridized carbons (Fsp3) is 0.333. The van der Waals surface area contributed by atoms with Crippen molar-refractivity contribution < 1.29 is 4.79 Å². The molecule has 1 heterocycles. The van der Waals surface area contributed by atoms with Crippen LogP contribution in [0.2, 0.25) is 0 Å². The summed E-state index contributed by atoms with van der Waals surface area (Å²) >= 11 is 3.26. The summed E-state index contributed by atoms with van der Waals surface area (Å²) in [6, 6.07) is 18.7. The molecular formula is C21H24N2OS2. The van der Waals surface area contributed by atoms with E-state index in [-0.39, 0.29) is 17.2 Å². The number of aliphatic imine (C=N–C) groups is 1. The van der Waals surface area contributed by atoms with Crippen molar-refractivity contribution in [1.29, 1.82) is 0 Å². The Morgan fingerprint density at radius 1 is 1.15 bits per heavy atom. The fourth-order valence-electron chi connectivity index (χ4n) is 2.74. The van der Waals surface area contributed by atoms with E-state index in [1.54, 1.807) is 23.5 Å². The molecule has 0 radical (unpaired) electrons. The van der Waals surface area contributed by atoms with Crippen molar-refractivity contribution in [3.8, 4) is 0 Å². The molecule has 3 rings (SSSR count). The van der Waals surface area contributed by atoms with Crippen LogP contribution in [0.25, 0.3) is 0 Å². The number of hydrogen-bond donors (Lipinski definition) is 1. The monoisotopic (exact) mass is 384 g/mol. The summed E-state index contributed by atoms with van der Waals surface area (Å²) in [5, 5.41) is 2.99. The number of nitrogens with zero attached hydrogens (tertiary/aromatic N) is 1. The van der Waals surface area contributed by atoms with Gasteiger partial charge in [-0.25, -0.2) is 4.99 Å². The van der Waals surface area contributed by atoms with Crippen LogP contribution in [0.5, 0.6) is 0 Å². The second-order valence-electron chi connectivity index (χ2n) is 6.49. The Balaban J connectivity index is 1.48. The summed E-state index contributed by atoms with van der Waals surface area (Å²) in [7, 11) is 0. The van der Waals surface area contributed by atoms with Crippen LogP contribution >= 0.6 is 23.5 Å². The average molecular weight is 385 g/mol. The van der Waals surface area contributed by atoms with E-state index in [2.05, 4.69) is 47.6 Å². The van der Waals surface area contributed by atoms with Crippen molar-refractivity contribution in [2.75, 3.05) is 0 Å². The van der Waals surface area contributed by atoms with E-state index < -0.39 is 0 Å². The van der Waals surface area contributed by atoms with Crippen molar-refractivity contribution in [1.82, 2.24) is 5.32 Å². The van der Waals surface area contributed by atoms with Crippen LogP contribution in [-0.4, -0.2) is 21.6 Å². The summed E-state index contributed by atoms with van der Waals surface area (Å²) in [6.07, 6.45) is 1.92. The van der Waals surface area contributed by atoms with Crippen molar-refractivity contribution in [3.63, 3.8) is 0 Å². The molecule has 0 saturated heterocycles. The van der Waals surface area contributed by atoms with E-state index in [0.29, 0.717) is 0 Å². The average Bonchev–Trinajstić information content (AvgIpc) is 2.67. The van der Waals surface area contributed by atoms with Crippen molar-refractivity contribution in [3.05, 3.63) is 65.7 Å². The quantitative estimate of drug-likeness (QED) is 0.746. The van der Waals surface area contributed by atoms with Gasteiger partial charge in [-0.2, -0.15) is 0 Å². The molecule has 2 atom stereocenters. The minimum Gasteiger partial charge on any atom is -0.353 e. The Bertz CT molecular complexity index is 777. The second-order valence-corrected chi connectivity index (χ2v) is 9.04. The molecule has 0 aromatic heterocycles. The summed E-state index contributed by atoms with van der Waals surface area (Å²) in [4.78, 5) is 17.2. The second kappa shape index (κ2) is 9.28. The minimum absolute atomic E-state index is 0.0812.